The molecule has 1 aromatic carbocycles. The fraction of sp³-hybridized carbons (Fsp3) is 0.364. The van der Waals surface area contributed by atoms with Gasteiger partial charge < -0.3 is 0 Å². The number of benzene rings is 1. The molecule has 0 heterocycles. The Morgan fingerprint density at radius 1 is 1.29 bits per heavy atom. The van der Waals surface area contributed by atoms with E-state index in [4.69, 9.17) is 5.26 Å². The fourth-order valence-corrected chi connectivity index (χ4v) is 1.18. The smallest absolute Gasteiger partial charge is 0.129 e. The first-order valence-electron chi connectivity index (χ1n) is 4.30. The number of nitrogens with zero attached hydrogens (tertiary/aromatic N) is 1. The largest absolute Gasteiger partial charge is 0.207 e. The van der Waals surface area contributed by atoms with Gasteiger partial charge in [-0.1, -0.05) is 6.07 Å². The maximum absolute atomic E-state index is 13.2. The maximum Gasteiger partial charge on any atom is 0.129 e. The quantitative estimate of drug-likeness (QED) is 0.711. The van der Waals surface area contributed by atoms with Crippen LogP contribution in [0, 0.1) is 28.4 Å². The molecule has 0 N–H and O–H groups in total. The van der Waals surface area contributed by atoms with E-state index in [0.717, 1.165) is 0 Å². The Bertz CT molecular complexity index is 357. The zero-order chi connectivity index (χ0) is 10.8. The van der Waals surface area contributed by atoms with Crippen molar-refractivity contribution in [3.8, 4) is 6.07 Å². The molecule has 1 rings (SSSR count). The lowest BCUT2D eigenvalue weighted by Gasteiger charge is -2.15. The lowest BCUT2D eigenvalue weighted by molar-refractivity contribution is 0.455. The van der Waals surface area contributed by atoms with E-state index in [2.05, 4.69) is 0 Å². The van der Waals surface area contributed by atoms with Gasteiger partial charge in [0.15, 0.2) is 0 Å². The molecule has 0 aromatic heterocycles. The molecule has 0 fully saturated rings. The molecule has 0 amide bonds. The minimum Gasteiger partial charge on any atom is -0.207 e. The molecule has 0 saturated carbocycles. The highest BCUT2D eigenvalue weighted by atomic mass is 19.1. The lowest BCUT2D eigenvalue weighted by Crippen LogP contribution is -2.14. The topological polar surface area (TPSA) is 23.8 Å². The fourth-order valence-electron chi connectivity index (χ4n) is 1.18. The summed E-state index contributed by atoms with van der Waals surface area (Å²) in [4.78, 5) is 0. The first kappa shape index (κ1) is 10.6. The van der Waals surface area contributed by atoms with Gasteiger partial charge in [0, 0.05) is 5.56 Å². The average Bonchev–Trinajstić information content (AvgIpc) is 2.12. The Balaban J connectivity index is 3.04. The monoisotopic (exact) mass is 195 g/mol. The Morgan fingerprint density at radius 2 is 1.79 bits per heavy atom. The van der Waals surface area contributed by atoms with Crippen molar-refractivity contribution in [3.63, 3.8) is 0 Å². The van der Waals surface area contributed by atoms with Crippen LogP contribution in [0.15, 0.2) is 18.2 Å². The van der Waals surface area contributed by atoms with Crippen LogP contribution in [0.25, 0.3) is 0 Å². The molecule has 74 valence electrons. The second-order valence-electron chi connectivity index (χ2n) is 3.87. The molecule has 0 unspecified atom stereocenters. The molecule has 0 aliphatic rings. The molecule has 0 saturated heterocycles. The highest BCUT2D eigenvalue weighted by Gasteiger charge is 2.21. The minimum atomic E-state index is -0.747. The number of rotatable bonds is 2. The van der Waals surface area contributed by atoms with Crippen molar-refractivity contribution < 1.29 is 8.78 Å². The third-order valence-electron chi connectivity index (χ3n) is 1.98. The molecule has 0 atom stereocenters. The molecular weight excluding hydrogens is 184 g/mol. The van der Waals surface area contributed by atoms with E-state index in [1.165, 1.54) is 18.2 Å². The Kier molecular flexibility index (Phi) is 2.85. The molecule has 1 aromatic rings. The van der Waals surface area contributed by atoms with E-state index in [9.17, 15) is 8.78 Å². The van der Waals surface area contributed by atoms with Gasteiger partial charge in [0.05, 0.1) is 11.5 Å². The van der Waals surface area contributed by atoms with Gasteiger partial charge in [0.25, 0.3) is 0 Å². The Morgan fingerprint density at radius 3 is 2.21 bits per heavy atom. The van der Waals surface area contributed by atoms with Crippen molar-refractivity contribution >= 4 is 0 Å². The van der Waals surface area contributed by atoms with Gasteiger partial charge in [0.2, 0.25) is 0 Å². The van der Waals surface area contributed by atoms with Gasteiger partial charge in [-0.3, -0.25) is 0 Å². The normalized spacial score (nSPS) is 11.1. The van der Waals surface area contributed by atoms with Crippen molar-refractivity contribution in [2.24, 2.45) is 5.41 Å². The molecule has 14 heavy (non-hydrogen) atoms. The summed E-state index contributed by atoms with van der Waals surface area (Å²) in [6, 6.07) is 5.72. The van der Waals surface area contributed by atoms with E-state index in [1.54, 1.807) is 13.8 Å². The van der Waals surface area contributed by atoms with Crippen LogP contribution in [-0.2, 0) is 6.42 Å². The van der Waals surface area contributed by atoms with E-state index in [1.807, 2.05) is 6.07 Å². The second-order valence-corrected chi connectivity index (χ2v) is 3.87. The summed E-state index contributed by atoms with van der Waals surface area (Å²) in [5, 5.41) is 8.74. The SMILES string of the molecule is CC(C)(C#N)Cc1c(F)cccc1F. The molecule has 0 aliphatic carbocycles. The highest BCUT2D eigenvalue weighted by Crippen LogP contribution is 2.24. The van der Waals surface area contributed by atoms with Gasteiger partial charge in [-0.05, 0) is 32.4 Å². The predicted octanol–water partition coefficient (Wildman–Crippen LogP) is 3.06. The van der Waals surface area contributed by atoms with Crippen LogP contribution in [0.3, 0.4) is 0 Å². The van der Waals surface area contributed by atoms with Crippen LogP contribution in [-0.4, -0.2) is 0 Å². The third kappa shape index (κ3) is 2.29. The zero-order valence-corrected chi connectivity index (χ0v) is 8.14. The van der Waals surface area contributed by atoms with Crippen molar-refractivity contribution in [3.05, 3.63) is 35.4 Å². The van der Waals surface area contributed by atoms with E-state index in [0.29, 0.717) is 0 Å². The van der Waals surface area contributed by atoms with Crippen molar-refractivity contribution in [2.45, 2.75) is 20.3 Å². The predicted molar refractivity (Wildman–Crippen MR) is 49.5 cm³/mol. The third-order valence-corrected chi connectivity index (χ3v) is 1.98. The average molecular weight is 195 g/mol. The highest BCUT2D eigenvalue weighted by molar-refractivity contribution is 5.22. The zero-order valence-electron chi connectivity index (χ0n) is 8.14. The van der Waals surface area contributed by atoms with Crippen LogP contribution in [0.4, 0.5) is 8.78 Å². The Labute approximate surface area is 82.0 Å². The number of hydrogen-bond donors (Lipinski definition) is 0. The van der Waals surface area contributed by atoms with Crippen molar-refractivity contribution in [1.82, 2.24) is 0 Å². The molecule has 3 heteroatoms. The molecular formula is C11H11F2N. The summed E-state index contributed by atoms with van der Waals surface area (Å²) in [7, 11) is 0. The van der Waals surface area contributed by atoms with Crippen LogP contribution in [0.5, 0.6) is 0 Å². The van der Waals surface area contributed by atoms with Gasteiger partial charge in [0.1, 0.15) is 11.6 Å². The first-order chi connectivity index (χ1) is 6.46. The molecule has 1 nitrogen and oxygen atoms in total. The summed E-state index contributed by atoms with van der Waals surface area (Å²) in [6.07, 6.45) is 0.0853. The van der Waals surface area contributed by atoms with Crippen LogP contribution in [0.2, 0.25) is 0 Å². The number of hydrogen-bond acceptors (Lipinski definition) is 1. The van der Waals surface area contributed by atoms with E-state index >= 15 is 0 Å². The van der Waals surface area contributed by atoms with E-state index < -0.39 is 17.0 Å². The van der Waals surface area contributed by atoms with Crippen LogP contribution in [0.1, 0.15) is 19.4 Å². The van der Waals surface area contributed by atoms with Crippen molar-refractivity contribution in [2.75, 3.05) is 0 Å². The minimum absolute atomic E-state index is 0.0148. The summed E-state index contributed by atoms with van der Waals surface area (Å²) in [5.41, 5.74) is -0.762. The van der Waals surface area contributed by atoms with E-state index in [-0.39, 0.29) is 12.0 Å². The summed E-state index contributed by atoms with van der Waals surface area (Å²) in [6.45, 7) is 3.30. The first-order valence-corrected chi connectivity index (χ1v) is 4.30. The maximum atomic E-state index is 13.2. The van der Waals surface area contributed by atoms with Gasteiger partial charge >= 0.3 is 0 Å². The van der Waals surface area contributed by atoms with Gasteiger partial charge in [-0.25, -0.2) is 8.78 Å². The standard InChI is InChI=1S/C11H11F2N/c1-11(2,7-14)6-8-9(12)4-3-5-10(8)13/h3-5H,6H2,1-2H3. The second kappa shape index (κ2) is 3.75. The van der Waals surface area contributed by atoms with Crippen molar-refractivity contribution in [1.29, 1.82) is 5.26 Å². The summed E-state index contributed by atoms with van der Waals surface area (Å²) >= 11 is 0. The van der Waals surface area contributed by atoms with Crippen LogP contribution >= 0.6 is 0 Å². The molecule has 0 radical (unpaired) electrons. The lowest BCUT2D eigenvalue weighted by atomic mass is 9.87. The van der Waals surface area contributed by atoms with Gasteiger partial charge in [-0.15, -0.1) is 0 Å². The molecule has 0 bridgehead atoms. The Hall–Kier alpha value is -1.43. The number of nitriles is 1. The van der Waals surface area contributed by atoms with Crippen LogP contribution < -0.4 is 0 Å². The van der Waals surface area contributed by atoms with Gasteiger partial charge in [-0.2, -0.15) is 5.26 Å². The molecule has 0 aliphatic heterocycles. The number of halogens is 2. The summed E-state index contributed by atoms with van der Waals surface area (Å²) in [5.74, 6) is -1.18. The summed E-state index contributed by atoms with van der Waals surface area (Å²) < 4.78 is 26.3. The molecule has 0 spiro atoms.